The van der Waals surface area contributed by atoms with Crippen LogP contribution in [0.2, 0.25) is 0 Å². The number of phenols is 1. The zero-order valence-electron chi connectivity index (χ0n) is 13.4. The van der Waals surface area contributed by atoms with E-state index < -0.39 is 5.41 Å². The highest BCUT2D eigenvalue weighted by atomic mass is 16.3. The second-order valence-corrected chi connectivity index (χ2v) is 6.85. The molecule has 0 aliphatic carbocycles. The van der Waals surface area contributed by atoms with E-state index in [0.29, 0.717) is 18.8 Å². The maximum absolute atomic E-state index is 12.4. The summed E-state index contributed by atoms with van der Waals surface area (Å²) in [4.78, 5) is 26.5. The van der Waals surface area contributed by atoms with E-state index in [2.05, 4.69) is 5.32 Å². The predicted octanol–water partition coefficient (Wildman–Crippen LogP) is 2.62. The number of para-hydroxylation sites is 2. The van der Waals surface area contributed by atoms with Crippen molar-refractivity contribution in [2.45, 2.75) is 33.6 Å². The number of aromatic hydroxyl groups is 1. The van der Waals surface area contributed by atoms with E-state index in [0.717, 1.165) is 12.8 Å². The van der Waals surface area contributed by atoms with Gasteiger partial charge in [0.05, 0.1) is 11.6 Å². The van der Waals surface area contributed by atoms with Gasteiger partial charge in [-0.05, 0) is 25.0 Å². The zero-order valence-corrected chi connectivity index (χ0v) is 13.4. The van der Waals surface area contributed by atoms with E-state index in [1.165, 1.54) is 6.07 Å². The van der Waals surface area contributed by atoms with Crippen molar-refractivity contribution in [1.82, 2.24) is 4.90 Å². The van der Waals surface area contributed by atoms with Crippen LogP contribution in [-0.4, -0.2) is 34.9 Å². The van der Waals surface area contributed by atoms with Gasteiger partial charge in [0.2, 0.25) is 11.8 Å². The number of anilines is 1. The molecular formula is C17H24N2O3. The van der Waals surface area contributed by atoms with E-state index in [1.807, 2.05) is 20.8 Å². The van der Waals surface area contributed by atoms with Crippen LogP contribution in [0.3, 0.4) is 0 Å². The van der Waals surface area contributed by atoms with Crippen molar-refractivity contribution < 1.29 is 14.7 Å². The standard InChI is InChI=1S/C17H24N2O3/c1-17(2,3)16(22)19-10-6-7-12(11-19)15(21)18-13-8-4-5-9-14(13)20/h4-5,8-9,12,20H,6-7,10-11H2,1-3H3,(H,18,21). The minimum atomic E-state index is -0.434. The lowest BCUT2D eigenvalue weighted by Gasteiger charge is -2.35. The molecule has 120 valence electrons. The van der Waals surface area contributed by atoms with Crippen molar-refractivity contribution in [3.63, 3.8) is 0 Å². The first-order valence-corrected chi connectivity index (χ1v) is 7.67. The predicted molar refractivity (Wildman–Crippen MR) is 85.5 cm³/mol. The Balaban J connectivity index is 2.02. The summed E-state index contributed by atoms with van der Waals surface area (Å²) in [7, 11) is 0. The fourth-order valence-corrected chi connectivity index (χ4v) is 2.66. The summed E-state index contributed by atoms with van der Waals surface area (Å²) >= 11 is 0. The molecule has 1 aliphatic heterocycles. The molecule has 1 aliphatic rings. The van der Waals surface area contributed by atoms with E-state index in [9.17, 15) is 14.7 Å². The highest BCUT2D eigenvalue weighted by Gasteiger charge is 2.33. The Hall–Kier alpha value is -2.04. The average Bonchev–Trinajstić information content (AvgIpc) is 2.48. The lowest BCUT2D eigenvalue weighted by Crippen LogP contribution is -2.47. The highest BCUT2D eigenvalue weighted by molar-refractivity contribution is 5.94. The average molecular weight is 304 g/mol. The van der Waals surface area contributed by atoms with Crippen LogP contribution in [0.5, 0.6) is 5.75 Å². The number of nitrogens with one attached hydrogen (secondary N) is 1. The Labute approximate surface area is 131 Å². The summed E-state index contributed by atoms with van der Waals surface area (Å²) in [5.41, 5.74) is -0.0254. The van der Waals surface area contributed by atoms with Crippen LogP contribution in [-0.2, 0) is 9.59 Å². The number of amides is 2. The van der Waals surface area contributed by atoms with Crippen molar-refractivity contribution in [3.05, 3.63) is 24.3 Å². The van der Waals surface area contributed by atoms with Crippen LogP contribution < -0.4 is 5.32 Å². The van der Waals surface area contributed by atoms with Gasteiger partial charge in [-0.3, -0.25) is 9.59 Å². The maximum Gasteiger partial charge on any atom is 0.229 e. The molecule has 1 unspecified atom stereocenters. The molecule has 1 fully saturated rings. The minimum Gasteiger partial charge on any atom is -0.506 e. The van der Waals surface area contributed by atoms with Crippen molar-refractivity contribution in [2.24, 2.45) is 11.3 Å². The summed E-state index contributed by atoms with van der Waals surface area (Å²) in [5.74, 6) is -0.255. The molecule has 1 aromatic carbocycles. The monoisotopic (exact) mass is 304 g/mol. The molecule has 0 spiro atoms. The van der Waals surface area contributed by atoms with Crippen LogP contribution in [0.15, 0.2) is 24.3 Å². The molecule has 2 N–H and O–H groups in total. The Morgan fingerprint density at radius 1 is 1.27 bits per heavy atom. The van der Waals surface area contributed by atoms with E-state index in [1.54, 1.807) is 23.1 Å². The van der Waals surface area contributed by atoms with E-state index in [4.69, 9.17) is 0 Å². The van der Waals surface area contributed by atoms with Gasteiger partial charge in [-0.1, -0.05) is 32.9 Å². The number of piperidine rings is 1. The van der Waals surface area contributed by atoms with Crippen LogP contribution in [0.25, 0.3) is 0 Å². The largest absolute Gasteiger partial charge is 0.506 e. The quantitative estimate of drug-likeness (QED) is 0.825. The molecule has 1 aromatic rings. The Kier molecular flexibility index (Phi) is 4.74. The second kappa shape index (κ2) is 6.38. The molecule has 2 rings (SSSR count). The van der Waals surface area contributed by atoms with E-state index >= 15 is 0 Å². The van der Waals surface area contributed by atoms with Gasteiger partial charge in [0, 0.05) is 18.5 Å². The summed E-state index contributed by atoms with van der Waals surface area (Å²) in [5, 5.41) is 12.5. The molecule has 1 heterocycles. The number of hydrogen-bond donors (Lipinski definition) is 2. The molecular weight excluding hydrogens is 280 g/mol. The number of benzene rings is 1. The van der Waals surface area contributed by atoms with Gasteiger partial charge in [0.1, 0.15) is 5.75 Å². The smallest absolute Gasteiger partial charge is 0.229 e. The van der Waals surface area contributed by atoms with Gasteiger partial charge in [0.15, 0.2) is 0 Å². The number of nitrogens with zero attached hydrogens (tertiary/aromatic N) is 1. The number of likely N-dealkylation sites (tertiary alicyclic amines) is 1. The normalized spacial score (nSPS) is 18.9. The van der Waals surface area contributed by atoms with Gasteiger partial charge in [-0.25, -0.2) is 0 Å². The summed E-state index contributed by atoms with van der Waals surface area (Å²) in [6, 6.07) is 6.65. The fourth-order valence-electron chi connectivity index (χ4n) is 2.66. The lowest BCUT2D eigenvalue weighted by molar-refractivity contribution is -0.142. The number of phenolic OH excluding ortho intramolecular Hbond substituents is 1. The van der Waals surface area contributed by atoms with E-state index in [-0.39, 0.29) is 23.5 Å². The van der Waals surface area contributed by atoms with Crippen LogP contribution in [0.1, 0.15) is 33.6 Å². The first-order valence-electron chi connectivity index (χ1n) is 7.67. The van der Waals surface area contributed by atoms with Crippen molar-refractivity contribution >= 4 is 17.5 Å². The van der Waals surface area contributed by atoms with Crippen LogP contribution >= 0.6 is 0 Å². The van der Waals surface area contributed by atoms with Gasteiger partial charge in [-0.15, -0.1) is 0 Å². The van der Waals surface area contributed by atoms with Crippen LogP contribution in [0.4, 0.5) is 5.69 Å². The molecule has 0 radical (unpaired) electrons. The molecule has 0 aromatic heterocycles. The third-order valence-electron chi connectivity index (χ3n) is 3.88. The Morgan fingerprint density at radius 3 is 2.59 bits per heavy atom. The summed E-state index contributed by atoms with van der Waals surface area (Å²) < 4.78 is 0. The second-order valence-electron chi connectivity index (χ2n) is 6.85. The Bertz CT molecular complexity index is 563. The van der Waals surface area contributed by atoms with Gasteiger partial charge >= 0.3 is 0 Å². The molecule has 22 heavy (non-hydrogen) atoms. The van der Waals surface area contributed by atoms with Crippen molar-refractivity contribution in [1.29, 1.82) is 0 Å². The van der Waals surface area contributed by atoms with Gasteiger partial charge in [-0.2, -0.15) is 0 Å². The number of hydrogen-bond acceptors (Lipinski definition) is 3. The molecule has 2 amide bonds. The molecule has 1 saturated heterocycles. The summed E-state index contributed by atoms with van der Waals surface area (Å²) in [6.45, 7) is 6.81. The third-order valence-corrected chi connectivity index (χ3v) is 3.88. The molecule has 5 heteroatoms. The number of carbonyl (C=O) groups is 2. The highest BCUT2D eigenvalue weighted by Crippen LogP contribution is 2.26. The van der Waals surface area contributed by atoms with Crippen molar-refractivity contribution in [3.8, 4) is 5.75 Å². The number of carbonyl (C=O) groups excluding carboxylic acids is 2. The molecule has 0 bridgehead atoms. The SMILES string of the molecule is CC(C)(C)C(=O)N1CCCC(C(=O)Nc2ccccc2O)C1. The Morgan fingerprint density at radius 2 is 1.95 bits per heavy atom. The van der Waals surface area contributed by atoms with Gasteiger partial charge in [0.25, 0.3) is 0 Å². The number of rotatable bonds is 2. The first kappa shape index (κ1) is 16.3. The maximum atomic E-state index is 12.4. The molecule has 0 saturated carbocycles. The first-order chi connectivity index (χ1) is 10.3. The lowest BCUT2D eigenvalue weighted by atomic mass is 9.91. The summed E-state index contributed by atoms with van der Waals surface area (Å²) in [6.07, 6.45) is 1.58. The minimum absolute atomic E-state index is 0.0503. The molecule has 5 nitrogen and oxygen atoms in total. The van der Waals surface area contributed by atoms with Crippen molar-refractivity contribution in [2.75, 3.05) is 18.4 Å². The third kappa shape index (κ3) is 3.78. The van der Waals surface area contributed by atoms with Crippen LogP contribution in [0, 0.1) is 11.3 Å². The van der Waals surface area contributed by atoms with Gasteiger partial charge < -0.3 is 15.3 Å². The topological polar surface area (TPSA) is 69.6 Å². The molecule has 1 atom stereocenters. The zero-order chi connectivity index (χ0) is 16.3. The fraction of sp³-hybridized carbons (Fsp3) is 0.529.